The summed E-state index contributed by atoms with van der Waals surface area (Å²) in [4.78, 5) is 2.71. The van der Waals surface area contributed by atoms with Gasteiger partial charge in [-0.05, 0) is 57.8 Å². The Balaban J connectivity index is 1.66. The van der Waals surface area contributed by atoms with Gasteiger partial charge in [0.15, 0.2) is 0 Å². The minimum absolute atomic E-state index is 0.770. The number of nitrogens with zero attached hydrogens (tertiary/aromatic N) is 1. The molecule has 1 atom stereocenters. The molecule has 2 heteroatoms. The summed E-state index contributed by atoms with van der Waals surface area (Å²) >= 11 is 0. The Morgan fingerprint density at radius 1 is 1.12 bits per heavy atom. The molecule has 1 unspecified atom stereocenters. The Bertz CT molecular complexity index is 187. The van der Waals surface area contributed by atoms with E-state index in [0.29, 0.717) is 0 Å². The van der Waals surface area contributed by atoms with E-state index in [0.717, 1.165) is 12.0 Å². The van der Waals surface area contributed by atoms with Crippen molar-refractivity contribution in [2.75, 3.05) is 26.2 Å². The van der Waals surface area contributed by atoms with Crippen LogP contribution in [0.3, 0.4) is 0 Å². The monoisotopic (exact) mass is 224 g/mol. The molecular weight excluding hydrogens is 196 g/mol. The molecule has 0 radical (unpaired) electrons. The molecule has 1 saturated carbocycles. The smallest absolute Gasteiger partial charge is 0.00766 e. The SMILES string of the molecule is CCC1CCN(CCC2CCC2)CCCN1. The van der Waals surface area contributed by atoms with Gasteiger partial charge < -0.3 is 10.2 Å². The van der Waals surface area contributed by atoms with Gasteiger partial charge in [-0.3, -0.25) is 0 Å². The second-order valence-electron chi connectivity index (χ2n) is 5.63. The summed E-state index contributed by atoms with van der Waals surface area (Å²) in [5, 5.41) is 3.65. The molecule has 94 valence electrons. The lowest BCUT2D eigenvalue weighted by molar-refractivity contribution is 0.193. The Kier molecular flexibility index (Phi) is 5.11. The van der Waals surface area contributed by atoms with Crippen molar-refractivity contribution in [1.82, 2.24) is 10.2 Å². The molecule has 1 aliphatic heterocycles. The van der Waals surface area contributed by atoms with Gasteiger partial charge in [-0.25, -0.2) is 0 Å². The van der Waals surface area contributed by atoms with E-state index in [2.05, 4.69) is 17.1 Å². The predicted octanol–water partition coefficient (Wildman–Crippen LogP) is 2.64. The van der Waals surface area contributed by atoms with Gasteiger partial charge in [0.1, 0.15) is 0 Å². The third kappa shape index (κ3) is 3.74. The lowest BCUT2D eigenvalue weighted by Crippen LogP contribution is -2.40. The molecule has 16 heavy (non-hydrogen) atoms. The van der Waals surface area contributed by atoms with E-state index in [1.165, 1.54) is 71.1 Å². The van der Waals surface area contributed by atoms with Crippen LogP contribution in [0.25, 0.3) is 0 Å². The van der Waals surface area contributed by atoms with Crippen LogP contribution < -0.4 is 5.32 Å². The van der Waals surface area contributed by atoms with Crippen LogP contribution in [0.1, 0.15) is 51.9 Å². The second-order valence-corrected chi connectivity index (χ2v) is 5.63. The maximum absolute atomic E-state index is 3.65. The minimum Gasteiger partial charge on any atom is -0.314 e. The van der Waals surface area contributed by atoms with Crippen LogP contribution in [-0.4, -0.2) is 37.1 Å². The molecule has 0 bridgehead atoms. The fourth-order valence-electron chi connectivity index (χ4n) is 2.88. The predicted molar refractivity (Wildman–Crippen MR) is 69.7 cm³/mol. The Labute approximate surface area is 101 Å². The maximum atomic E-state index is 3.65. The first-order valence-electron chi connectivity index (χ1n) is 7.34. The van der Waals surface area contributed by atoms with Gasteiger partial charge in [-0.1, -0.05) is 26.2 Å². The zero-order valence-corrected chi connectivity index (χ0v) is 10.9. The highest BCUT2D eigenvalue weighted by Crippen LogP contribution is 2.29. The van der Waals surface area contributed by atoms with E-state index in [1.54, 1.807) is 0 Å². The van der Waals surface area contributed by atoms with E-state index in [1.807, 2.05) is 0 Å². The fourth-order valence-corrected chi connectivity index (χ4v) is 2.88. The summed E-state index contributed by atoms with van der Waals surface area (Å²) in [6.07, 6.45) is 9.94. The van der Waals surface area contributed by atoms with Gasteiger partial charge >= 0.3 is 0 Å². The highest BCUT2D eigenvalue weighted by atomic mass is 15.1. The van der Waals surface area contributed by atoms with Crippen molar-refractivity contribution in [3.05, 3.63) is 0 Å². The average Bonchev–Trinajstić information content (AvgIpc) is 2.19. The molecule has 1 heterocycles. The normalized spacial score (nSPS) is 29.4. The highest BCUT2D eigenvalue weighted by Gasteiger charge is 2.19. The topological polar surface area (TPSA) is 15.3 Å². The molecule has 0 aromatic heterocycles. The number of hydrogen-bond donors (Lipinski definition) is 1. The molecule has 2 fully saturated rings. The quantitative estimate of drug-likeness (QED) is 0.790. The van der Waals surface area contributed by atoms with Gasteiger partial charge in [-0.15, -0.1) is 0 Å². The molecule has 1 aliphatic carbocycles. The Morgan fingerprint density at radius 3 is 2.69 bits per heavy atom. The van der Waals surface area contributed by atoms with E-state index in [-0.39, 0.29) is 0 Å². The third-order valence-electron chi connectivity index (χ3n) is 4.45. The molecule has 0 aromatic rings. The van der Waals surface area contributed by atoms with Gasteiger partial charge in [0.25, 0.3) is 0 Å². The number of nitrogens with one attached hydrogen (secondary N) is 1. The first-order valence-corrected chi connectivity index (χ1v) is 7.34. The average molecular weight is 224 g/mol. The number of hydrogen-bond acceptors (Lipinski definition) is 2. The van der Waals surface area contributed by atoms with Crippen LogP contribution in [0.5, 0.6) is 0 Å². The van der Waals surface area contributed by atoms with Crippen LogP contribution >= 0.6 is 0 Å². The van der Waals surface area contributed by atoms with E-state index >= 15 is 0 Å². The van der Waals surface area contributed by atoms with Crippen LogP contribution in [0.4, 0.5) is 0 Å². The summed E-state index contributed by atoms with van der Waals surface area (Å²) in [6, 6.07) is 0.770. The van der Waals surface area contributed by atoms with Crippen molar-refractivity contribution in [3.8, 4) is 0 Å². The van der Waals surface area contributed by atoms with Crippen LogP contribution in [0, 0.1) is 5.92 Å². The summed E-state index contributed by atoms with van der Waals surface area (Å²) in [5.41, 5.74) is 0. The molecule has 2 rings (SSSR count). The summed E-state index contributed by atoms with van der Waals surface area (Å²) in [5.74, 6) is 1.07. The van der Waals surface area contributed by atoms with E-state index in [9.17, 15) is 0 Å². The van der Waals surface area contributed by atoms with Gasteiger partial charge in [0, 0.05) is 6.04 Å². The first kappa shape index (κ1) is 12.4. The molecule has 0 aromatic carbocycles. The minimum atomic E-state index is 0.770. The third-order valence-corrected chi connectivity index (χ3v) is 4.45. The van der Waals surface area contributed by atoms with Crippen LogP contribution in [-0.2, 0) is 0 Å². The van der Waals surface area contributed by atoms with E-state index < -0.39 is 0 Å². The van der Waals surface area contributed by atoms with Crippen molar-refractivity contribution in [2.24, 2.45) is 5.92 Å². The molecular formula is C14H28N2. The van der Waals surface area contributed by atoms with Gasteiger partial charge in [0.05, 0.1) is 0 Å². The lowest BCUT2D eigenvalue weighted by atomic mass is 9.83. The van der Waals surface area contributed by atoms with Crippen LogP contribution in [0.2, 0.25) is 0 Å². The summed E-state index contributed by atoms with van der Waals surface area (Å²) in [7, 11) is 0. The van der Waals surface area contributed by atoms with Gasteiger partial charge in [-0.2, -0.15) is 0 Å². The van der Waals surface area contributed by atoms with Crippen molar-refractivity contribution >= 4 is 0 Å². The second kappa shape index (κ2) is 6.61. The van der Waals surface area contributed by atoms with Crippen molar-refractivity contribution in [1.29, 1.82) is 0 Å². The zero-order valence-electron chi connectivity index (χ0n) is 10.9. The van der Waals surface area contributed by atoms with Crippen molar-refractivity contribution < 1.29 is 0 Å². The molecule has 1 saturated heterocycles. The zero-order chi connectivity index (χ0) is 11.2. The van der Waals surface area contributed by atoms with Gasteiger partial charge in [0.2, 0.25) is 0 Å². The largest absolute Gasteiger partial charge is 0.314 e. The summed E-state index contributed by atoms with van der Waals surface area (Å²) < 4.78 is 0. The maximum Gasteiger partial charge on any atom is 0.00766 e. The van der Waals surface area contributed by atoms with Crippen LogP contribution in [0.15, 0.2) is 0 Å². The van der Waals surface area contributed by atoms with Crippen molar-refractivity contribution in [2.45, 2.75) is 57.9 Å². The molecule has 2 aliphatic rings. The standard InChI is InChI=1S/C14H28N2/c1-2-14-8-12-16(10-4-9-15-14)11-7-13-5-3-6-13/h13-15H,2-12H2,1H3. The highest BCUT2D eigenvalue weighted by molar-refractivity contribution is 4.75. The molecule has 0 amide bonds. The molecule has 0 spiro atoms. The summed E-state index contributed by atoms with van der Waals surface area (Å²) in [6.45, 7) is 7.52. The van der Waals surface area contributed by atoms with E-state index in [4.69, 9.17) is 0 Å². The number of rotatable bonds is 4. The first-order chi connectivity index (χ1) is 7.88. The molecule has 2 nitrogen and oxygen atoms in total. The lowest BCUT2D eigenvalue weighted by Gasteiger charge is -2.32. The fraction of sp³-hybridized carbons (Fsp3) is 1.00. The Hall–Kier alpha value is -0.0800. The molecule has 1 N–H and O–H groups in total. The van der Waals surface area contributed by atoms with Crippen molar-refractivity contribution in [3.63, 3.8) is 0 Å². The Morgan fingerprint density at radius 2 is 2.00 bits per heavy atom.